The smallest absolute Gasteiger partial charge is 0.335 e. The second kappa shape index (κ2) is 7.18. The summed E-state index contributed by atoms with van der Waals surface area (Å²) in [6.07, 6.45) is 1.11. The van der Waals surface area contributed by atoms with Gasteiger partial charge in [-0.3, -0.25) is 4.79 Å². The number of hydrogen-bond donors (Lipinski definition) is 2. The number of piperidine rings is 1. The van der Waals surface area contributed by atoms with Crippen LogP contribution in [0.25, 0.3) is 5.65 Å². The topological polar surface area (TPSA) is 126 Å². The van der Waals surface area contributed by atoms with E-state index in [1.54, 1.807) is 6.07 Å². The molecule has 1 aromatic carbocycles. The third-order valence-electron chi connectivity index (χ3n) is 4.72. The summed E-state index contributed by atoms with van der Waals surface area (Å²) < 4.78 is 15.2. The van der Waals surface area contributed by atoms with Crippen molar-refractivity contribution in [3.63, 3.8) is 0 Å². The number of anilines is 2. The standard InChI is InChI=1S/C17H16FN7O3/c18-12-2-1-11(17(27)28)9-13(12)19-16(26)10-5-7-24(8-6-10)15-4-3-14-20-22-23-25(14)21-15/h1-4,9-10H,5-8H2,(H,19,26)(H,27,28). The SMILES string of the molecule is O=C(O)c1ccc(F)c(NC(=O)C2CCN(c3ccc4nnnn4n3)CC2)c1. The van der Waals surface area contributed by atoms with Crippen molar-refractivity contribution in [2.45, 2.75) is 12.8 Å². The van der Waals surface area contributed by atoms with Gasteiger partial charge < -0.3 is 15.3 Å². The Balaban J connectivity index is 1.40. The molecule has 0 bridgehead atoms. The first-order chi connectivity index (χ1) is 13.5. The summed E-state index contributed by atoms with van der Waals surface area (Å²) in [6.45, 7) is 1.19. The lowest BCUT2D eigenvalue weighted by Gasteiger charge is -2.31. The van der Waals surface area contributed by atoms with Crippen LogP contribution in [-0.4, -0.2) is 55.3 Å². The average molecular weight is 385 g/mol. The predicted octanol–water partition coefficient (Wildman–Crippen LogP) is 1.21. The van der Waals surface area contributed by atoms with E-state index >= 15 is 0 Å². The van der Waals surface area contributed by atoms with Crippen molar-refractivity contribution in [2.24, 2.45) is 5.92 Å². The minimum absolute atomic E-state index is 0.0874. The van der Waals surface area contributed by atoms with Crippen molar-refractivity contribution in [3.05, 3.63) is 41.7 Å². The van der Waals surface area contributed by atoms with Crippen LogP contribution >= 0.6 is 0 Å². The summed E-state index contributed by atoms with van der Waals surface area (Å²) >= 11 is 0. The van der Waals surface area contributed by atoms with Gasteiger partial charge in [0.2, 0.25) is 5.91 Å². The quantitative estimate of drug-likeness (QED) is 0.686. The number of halogens is 1. The fourth-order valence-corrected chi connectivity index (χ4v) is 3.17. The molecule has 1 amide bonds. The van der Waals surface area contributed by atoms with Crippen LogP contribution < -0.4 is 10.2 Å². The van der Waals surface area contributed by atoms with Gasteiger partial charge >= 0.3 is 5.97 Å². The average Bonchev–Trinajstić information content (AvgIpc) is 3.17. The van der Waals surface area contributed by atoms with Gasteiger partial charge in [0.05, 0.1) is 11.3 Å². The van der Waals surface area contributed by atoms with E-state index in [-0.39, 0.29) is 23.1 Å². The number of rotatable bonds is 4. The molecular formula is C17H16FN7O3. The zero-order chi connectivity index (χ0) is 19.7. The number of carboxylic acid groups (broad SMARTS) is 1. The predicted molar refractivity (Wildman–Crippen MR) is 95.5 cm³/mol. The molecule has 28 heavy (non-hydrogen) atoms. The number of benzene rings is 1. The first-order valence-corrected chi connectivity index (χ1v) is 8.65. The van der Waals surface area contributed by atoms with Crippen LogP contribution in [0.15, 0.2) is 30.3 Å². The lowest BCUT2D eigenvalue weighted by atomic mass is 9.95. The largest absolute Gasteiger partial charge is 0.478 e. The second-order valence-corrected chi connectivity index (χ2v) is 6.47. The molecule has 0 unspecified atom stereocenters. The summed E-state index contributed by atoms with van der Waals surface area (Å²) in [5.74, 6) is -1.78. The first kappa shape index (κ1) is 17.8. The van der Waals surface area contributed by atoms with E-state index in [4.69, 9.17) is 5.11 Å². The molecule has 10 nitrogen and oxygen atoms in total. The molecule has 1 aliphatic heterocycles. The van der Waals surface area contributed by atoms with Crippen molar-refractivity contribution in [3.8, 4) is 0 Å². The highest BCUT2D eigenvalue weighted by atomic mass is 19.1. The molecule has 1 saturated heterocycles. The number of nitrogens with zero attached hydrogens (tertiary/aromatic N) is 6. The van der Waals surface area contributed by atoms with Gasteiger partial charge in [-0.25, -0.2) is 9.18 Å². The molecule has 3 heterocycles. The molecule has 0 aliphatic carbocycles. The number of aromatic carboxylic acids is 1. The van der Waals surface area contributed by atoms with Crippen LogP contribution in [0.3, 0.4) is 0 Å². The highest BCUT2D eigenvalue weighted by molar-refractivity contribution is 5.95. The van der Waals surface area contributed by atoms with Crippen molar-refractivity contribution < 1.29 is 19.1 Å². The van der Waals surface area contributed by atoms with Gasteiger partial charge in [-0.15, -0.1) is 14.8 Å². The molecule has 2 N–H and O–H groups in total. The molecular weight excluding hydrogens is 369 g/mol. The van der Waals surface area contributed by atoms with Crippen LogP contribution in [-0.2, 0) is 4.79 Å². The maximum atomic E-state index is 13.9. The third-order valence-corrected chi connectivity index (χ3v) is 4.72. The van der Waals surface area contributed by atoms with Crippen molar-refractivity contribution in [1.82, 2.24) is 25.3 Å². The summed E-state index contributed by atoms with van der Waals surface area (Å²) in [7, 11) is 0. The Kier molecular flexibility index (Phi) is 4.55. The zero-order valence-corrected chi connectivity index (χ0v) is 14.6. The number of carbonyl (C=O) groups is 2. The van der Waals surface area contributed by atoms with Crippen molar-refractivity contribution in [1.29, 1.82) is 0 Å². The molecule has 11 heteroatoms. The van der Waals surface area contributed by atoms with Gasteiger partial charge in [0, 0.05) is 19.0 Å². The highest BCUT2D eigenvalue weighted by Gasteiger charge is 2.26. The Morgan fingerprint density at radius 3 is 2.71 bits per heavy atom. The summed E-state index contributed by atoms with van der Waals surface area (Å²) in [6, 6.07) is 6.89. The maximum absolute atomic E-state index is 13.9. The van der Waals surface area contributed by atoms with Crippen LogP contribution in [0.5, 0.6) is 0 Å². The first-order valence-electron chi connectivity index (χ1n) is 8.65. The van der Waals surface area contributed by atoms with E-state index in [0.717, 1.165) is 18.2 Å². The Hall–Kier alpha value is -3.63. The van der Waals surface area contributed by atoms with Gasteiger partial charge in [0.15, 0.2) is 11.5 Å². The van der Waals surface area contributed by atoms with Crippen LogP contribution in [0.1, 0.15) is 23.2 Å². The molecule has 0 radical (unpaired) electrons. The molecule has 0 saturated carbocycles. The van der Waals surface area contributed by atoms with E-state index in [1.165, 1.54) is 4.63 Å². The lowest BCUT2D eigenvalue weighted by Crippen LogP contribution is -2.38. The Bertz CT molecular complexity index is 1050. The molecule has 1 aliphatic rings. The van der Waals surface area contributed by atoms with E-state index in [9.17, 15) is 14.0 Å². The Morgan fingerprint density at radius 2 is 1.96 bits per heavy atom. The molecule has 3 aromatic rings. The molecule has 4 rings (SSSR count). The van der Waals surface area contributed by atoms with Gasteiger partial charge in [0.25, 0.3) is 0 Å². The minimum Gasteiger partial charge on any atom is -0.478 e. The Morgan fingerprint density at radius 1 is 1.18 bits per heavy atom. The van der Waals surface area contributed by atoms with E-state index < -0.39 is 11.8 Å². The summed E-state index contributed by atoms with van der Waals surface area (Å²) in [5.41, 5.74) is 0.331. The fourth-order valence-electron chi connectivity index (χ4n) is 3.17. The molecule has 0 spiro atoms. The van der Waals surface area contributed by atoms with Gasteiger partial charge in [-0.05, 0) is 53.6 Å². The minimum atomic E-state index is -1.18. The fraction of sp³-hybridized carbons (Fsp3) is 0.294. The summed E-state index contributed by atoms with van der Waals surface area (Å²) in [5, 5.41) is 27.0. The van der Waals surface area contributed by atoms with Gasteiger partial charge in [0.1, 0.15) is 5.82 Å². The van der Waals surface area contributed by atoms with Crippen molar-refractivity contribution >= 4 is 29.0 Å². The number of carboxylic acids is 1. The lowest BCUT2D eigenvalue weighted by molar-refractivity contribution is -0.120. The number of nitrogens with one attached hydrogen (secondary N) is 1. The number of hydrogen-bond acceptors (Lipinski definition) is 7. The number of carbonyl (C=O) groups excluding carboxylic acids is 1. The number of aromatic nitrogens is 5. The van der Waals surface area contributed by atoms with E-state index in [2.05, 4.69) is 25.9 Å². The molecule has 0 atom stereocenters. The normalized spacial score (nSPS) is 15.0. The summed E-state index contributed by atoms with van der Waals surface area (Å²) in [4.78, 5) is 25.5. The number of tetrazole rings is 1. The Labute approximate surface area is 158 Å². The number of fused-ring (bicyclic) bond motifs is 1. The van der Waals surface area contributed by atoms with Crippen LogP contribution in [0.4, 0.5) is 15.9 Å². The van der Waals surface area contributed by atoms with E-state index in [0.29, 0.717) is 37.4 Å². The molecule has 1 fully saturated rings. The van der Waals surface area contributed by atoms with Crippen LogP contribution in [0.2, 0.25) is 0 Å². The van der Waals surface area contributed by atoms with Crippen molar-refractivity contribution in [2.75, 3.05) is 23.3 Å². The van der Waals surface area contributed by atoms with Gasteiger partial charge in [-0.1, -0.05) is 0 Å². The van der Waals surface area contributed by atoms with Gasteiger partial charge in [-0.2, -0.15) is 0 Å². The van der Waals surface area contributed by atoms with E-state index in [1.807, 2.05) is 11.0 Å². The van der Waals surface area contributed by atoms with Crippen LogP contribution in [0, 0.1) is 11.7 Å². The molecule has 144 valence electrons. The third kappa shape index (κ3) is 3.46. The second-order valence-electron chi connectivity index (χ2n) is 6.47. The maximum Gasteiger partial charge on any atom is 0.335 e. The monoisotopic (exact) mass is 385 g/mol. The number of amides is 1. The molecule has 2 aromatic heterocycles. The zero-order valence-electron chi connectivity index (χ0n) is 14.6. The highest BCUT2D eigenvalue weighted by Crippen LogP contribution is 2.24.